The minimum Gasteiger partial charge on any atom is -0.458 e. The average molecular weight is 502 g/mol. The van der Waals surface area contributed by atoms with Gasteiger partial charge in [-0.1, -0.05) is 0 Å². The third-order valence-corrected chi connectivity index (χ3v) is 3.98. The van der Waals surface area contributed by atoms with Crippen LogP contribution in [0.3, 0.4) is 0 Å². The van der Waals surface area contributed by atoms with Crippen LogP contribution in [-0.4, -0.2) is 62.2 Å². The van der Waals surface area contributed by atoms with Gasteiger partial charge in [-0.2, -0.15) is 0 Å². The molecule has 190 valence electrons. The second-order valence-corrected chi connectivity index (χ2v) is 6.83. The van der Waals surface area contributed by atoms with E-state index in [-0.39, 0.29) is 35.8 Å². The van der Waals surface area contributed by atoms with Gasteiger partial charge in [0.1, 0.15) is 24.7 Å². The molecule has 12 nitrogen and oxygen atoms in total. The van der Waals surface area contributed by atoms with Gasteiger partial charge in [0.05, 0.1) is 11.1 Å². The van der Waals surface area contributed by atoms with Crippen molar-refractivity contribution in [1.29, 1.82) is 0 Å². The Bertz CT molecular complexity index is 1010. The molecule has 2 rings (SSSR count). The fourth-order valence-electron chi connectivity index (χ4n) is 2.40. The molecular weight excluding hydrogens is 480 g/mol. The summed E-state index contributed by atoms with van der Waals surface area (Å²) in [5.74, 6) is -3.90. The van der Waals surface area contributed by atoms with E-state index < -0.39 is 49.0 Å². The van der Waals surface area contributed by atoms with Gasteiger partial charge in [-0.15, -0.1) is 0 Å². The second kappa shape index (κ2) is 13.8. The standard InChI is InChI=1S/C24H22O12/c1-15(25)33-13-21(27)35-19-7-3-17(4-8-19)23(29)31-11-12-32-24(30)18-5-9-20(10-6-18)36-22(28)14-34-16(2)26/h3-10H,11-14H2,1-2H3. The van der Waals surface area contributed by atoms with Crippen LogP contribution >= 0.6 is 0 Å². The maximum absolute atomic E-state index is 12.1. The molecule has 0 bridgehead atoms. The molecule has 0 heterocycles. The lowest BCUT2D eigenvalue weighted by atomic mass is 10.2. The van der Waals surface area contributed by atoms with Crippen LogP contribution in [-0.2, 0) is 38.1 Å². The average Bonchev–Trinajstić information content (AvgIpc) is 2.84. The molecule has 0 unspecified atom stereocenters. The van der Waals surface area contributed by atoms with Crippen LogP contribution < -0.4 is 9.47 Å². The minimum atomic E-state index is -0.780. The molecule has 0 N–H and O–H groups in total. The molecule has 0 aromatic heterocycles. The van der Waals surface area contributed by atoms with Crippen molar-refractivity contribution in [2.24, 2.45) is 0 Å². The molecule has 12 heteroatoms. The molecule has 2 aromatic carbocycles. The molecule has 0 saturated heterocycles. The van der Waals surface area contributed by atoms with Gasteiger partial charge < -0.3 is 28.4 Å². The van der Waals surface area contributed by atoms with E-state index in [0.717, 1.165) is 13.8 Å². The van der Waals surface area contributed by atoms with Crippen LogP contribution in [0.4, 0.5) is 0 Å². The number of rotatable bonds is 11. The summed E-state index contributed by atoms with van der Waals surface area (Å²) in [7, 11) is 0. The predicted molar refractivity (Wildman–Crippen MR) is 118 cm³/mol. The molecule has 0 amide bonds. The fourth-order valence-corrected chi connectivity index (χ4v) is 2.40. The van der Waals surface area contributed by atoms with Gasteiger partial charge in [0.2, 0.25) is 0 Å². The van der Waals surface area contributed by atoms with Gasteiger partial charge in [0, 0.05) is 13.8 Å². The van der Waals surface area contributed by atoms with Crippen LogP contribution in [0.5, 0.6) is 11.5 Å². The number of esters is 6. The number of hydrogen-bond donors (Lipinski definition) is 0. The lowest BCUT2D eigenvalue weighted by Crippen LogP contribution is -2.17. The van der Waals surface area contributed by atoms with E-state index in [1.807, 2.05) is 0 Å². The normalized spacial score (nSPS) is 9.94. The largest absolute Gasteiger partial charge is 0.458 e. The van der Waals surface area contributed by atoms with E-state index in [1.54, 1.807) is 0 Å². The van der Waals surface area contributed by atoms with Crippen LogP contribution in [0.2, 0.25) is 0 Å². The molecule has 2 aromatic rings. The second-order valence-electron chi connectivity index (χ2n) is 6.83. The number of benzene rings is 2. The number of carbonyl (C=O) groups is 6. The quantitative estimate of drug-likeness (QED) is 0.190. The zero-order valence-corrected chi connectivity index (χ0v) is 19.3. The lowest BCUT2D eigenvalue weighted by molar-refractivity contribution is -0.152. The van der Waals surface area contributed by atoms with Crippen molar-refractivity contribution in [2.75, 3.05) is 26.4 Å². The van der Waals surface area contributed by atoms with Crippen molar-refractivity contribution in [3.8, 4) is 11.5 Å². The maximum atomic E-state index is 12.1. The van der Waals surface area contributed by atoms with E-state index in [9.17, 15) is 28.8 Å². The Kier molecular flexibility index (Phi) is 10.6. The highest BCUT2D eigenvalue weighted by Gasteiger charge is 2.13. The van der Waals surface area contributed by atoms with Gasteiger partial charge in [0.15, 0.2) is 13.2 Å². The van der Waals surface area contributed by atoms with Crippen LogP contribution in [0.25, 0.3) is 0 Å². The third-order valence-electron chi connectivity index (χ3n) is 3.98. The first-order chi connectivity index (χ1) is 17.1. The smallest absolute Gasteiger partial charge is 0.349 e. The van der Waals surface area contributed by atoms with Crippen molar-refractivity contribution in [3.05, 3.63) is 59.7 Å². The fraction of sp³-hybridized carbons (Fsp3) is 0.250. The van der Waals surface area contributed by atoms with E-state index in [4.69, 9.17) is 18.9 Å². The van der Waals surface area contributed by atoms with E-state index in [1.165, 1.54) is 48.5 Å². The molecule has 0 saturated carbocycles. The summed E-state index contributed by atoms with van der Waals surface area (Å²) in [6.45, 7) is 0.819. The summed E-state index contributed by atoms with van der Waals surface area (Å²) in [4.78, 5) is 68.5. The molecule has 0 atom stereocenters. The maximum Gasteiger partial charge on any atom is 0.349 e. The SMILES string of the molecule is CC(=O)OCC(=O)Oc1ccc(C(=O)OCCOC(=O)c2ccc(OC(=O)COC(C)=O)cc2)cc1. The van der Waals surface area contributed by atoms with Crippen molar-refractivity contribution in [1.82, 2.24) is 0 Å². The molecule has 0 radical (unpaired) electrons. The highest BCUT2D eigenvalue weighted by atomic mass is 16.6. The van der Waals surface area contributed by atoms with Gasteiger partial charge in [-0.05, 0) is 48.5 Å². The lowest BCUT2D eigenvalue weighted by Gasteiger charge is -2.08. The molecule has 0 aliphatic carbocycles. The Morgan fingerprint density at radius 3 is 1.17 bits per heavy atom. The molecule has 0 aliphatic rings. The number of ether oxygens (including phenoxy) is 6. The van der Waals surface area contributed by atoms with Crippen LogP contribution in [0.15, 0.2) is 48.5 Å². The summed E-state index contributed by atoms with van der Waals surface area (Å²) in [5.41, 5.74) is 0.333. The first-order valence-corrected chi connectivity index (χ1v) is 10.4. The Balaban J connectivity index is 1.71. The zero-order valence-electron chi connectivity index (χ0n) is 19.3. The molecule has 0 aliphatic heterocycles. The predicted octanol–water partition coefficient (Wildman–Crippen LogP) is 1.64. The summed E-state index contributed by atoms with van der Waals surface area (Å²) in [5, 5.41) is 0. The summed E-state index contributed by atoms with van der Waals surface area (Å²) >= 11 is 0. The van der Waals surface area contributed by atoms with Gasteiger partial charge in [-0.25, -0.2) is 19.2 Å². The van der Waals surface area contributed by atoms with Gasteiger partial charge in [0.25, 0.3) is 0 Å². The minimum absolute atomic E-state index is 0.141. The third kappa shape index (κ3) is 10.0. The van der Waals surface area contributed by atoms with Gasteiger partial charge in [-0.3, -0.25) is 9.59 Å². The first-order valence-electron chi connectivity index (χ1n) is 10.4. The Morgan fingerprint density at radius 2 is 0.861 bits per heavy atom. The summed E-state index contributed by atoms with van der Waals surface area (Å²) in [6, 6.07) is 10.9. The Hall–Kier alpha value is -4.74. The van der Waals surface area contributed by atoms with E-state index in [0.29, 0.717) is 0 Å². The van der Waals surface area contributed by atoms with Crippen LogP contribution in [0.1, 0.15) is 34.6 Å². The topological polar surface area (TPSA) is 158 Å². The first kappa shape index (κ1) is 27.5. The number of hydrogen-bond acceptors (Lipinski definition) is 12. The van der Waals surface area contributed by atoms with Crippen molar-refractivity contribution >= 4 is 35.8 Å². The van der Waals surface area contributed by atoms with Crippen molar-refractivity contribution in [2.45, 2.75) is 13.8 Å². The van der Waals surface area contributed by atoms with Crippen LogP contribution in [0, 0.1) is 0 Å². The number of carbonyl (C=O) groups excluding carboxylic acids is 6. The monoisotopic (exact) mass is 502 g/mol. The molecule has 36 heavy (non-hydrogen) atoms. The Labute approximate surface area is 205 Å². The van der Waals surface area contributed by atoms with E-state index in [2.05, 4.69) is 9.47 Å². The summed E-state index contributed by atoms with van der Waals surface area (Å²) < 4.78 is 29.0. The van der Waals surface area contributed by atoms with E-state index >= 15 is 0 Å². The highest BCUT2D eigenvalue weighted by molar-refractivity contribution is 5.90. The van der Waals surface area contributed by atoms with Gasteiger partial charge >= 0.3 is 35.8 Å². The zero-order chi connectivity index (χ0) is 26.5. The molecule has 0 fully saturated rings. The van der Waals surface area contributed by atoms with Crippen molar-refractivity contribution < 1.29 is 57.2 Å². The molecule has 0 spiro atoms. The molecular formula is C24H22O12. The highest BCUT2D eigenvalue weighted by Crippen LogP contribution is 2.15. The van der Waals surface area contributed by atoms with Crippen molar-refractivity contribution in [3.63, 3.8) is 0 Å². The Morgan fingerprint density at radius 1 is 0.528 bits per heavy atom. The summed E-state index contributed by atoms with van der Waals surface area (Å²) in [6.07, 6.45) is 0.